The van der Waals surface area contributed by atoms with Crippen LogP contribution >= 0.6 is 0 Å². The smallest absolute Gasteiger partial charge is 0.243 e. The van der Waals surface area contributed by atoms with Crippen LogP contribution in [0.1, 0.15) is 11.3 Å². The summed E-state index contributed by atoms with van der Waals surface area (Å²) in [5.41, 5.74) is 0.964. The lowest BCUT2D eigenvalue weighted by molar-refractivity contribution is -0.135. The molecule has 1 aliphatic rings. The molecule has 0 bridgehead atoms. The number of nitrogens with zero attached hydrogens (tertiary/aromatic N) is 2. The Labute approximate surface area is 153 Å². The number of benzene rings is 1. The topological polar surface area (TPSA) is 80.1 Å². The second-order valence-corrected chi connectivity index (χ2v) is 8.10. The van der Waals surface area contributed by atoms with Gasteiger partial charge >= 0.3 is 0 Å². The minimum absolute atomic E-state index is 0.000705. The summed E-state index contributed by atoms with van der Waals surface area (Å²) >= 11 is 0. The molecule has 1 aromatic heterocycles. The molecule has 8 heteroatoms. The zero-order chi connectivity index (χ0) is 18.6. The first kappa shape index (κ1) is 18.6. The van der Waals surface area contributed by atoms with Crippen molar-refractivity contribution in [2.24, 2.45) is 0 Å². The molecule has 0 N–H and O–H groups in total. The average Bonchev–Trinajstić information content (AvgIpc) is 3.15. The van der Waals surface area contributed by atoms with Crippen LogP contribution in [0, 0.1) is 6.92 Å². The normalized spacial score (nSPS) is 15.4. The molecule has 0 aliphatic carbocycles. The van der Waals surface area contributed by atoms with Crippen molar-refractivity contribution in [2.75, 3.05) is 32.8 Å². The minimum Gasteiger partial charge on any atom is -0.468 e. The van der Waals surface area contributed by atoms with Gasteiger partial charge in [-0.05, 0) is 31.2 Å². The first-order chi connectivity index (χ1) is 12.5. The van der Waals surface area contributed by atoms with E-state index < -0.39 is 10.0 Å². The zero-order valence-corrected chi connectivity index (χ0v) is 15.4. The fraction of sp³-hybridized carbons (Fsp3) is 0.389. The van der Waals surface area contributed by atoms with E-state index in [1.807, 2.05) is 6.92 Å². The molecular formula is C18H22N2O5S. The molecule has 26 heavy (non-hydrogen) atoms. The molecule has 2 heterocycles. The summed E-state index contributed by atoms with van der Waals surface area (Å²) in [6.45, 7) is 3.52. The lowest BCUT2D eigenvalue weighted by atomic mass is 10.2. The summed E-state index contributed by atoms with van der Waals surface area (Å²) in [7, 11) is -3.83. The van der Waals surface area contributed by atoms with Crippen molar-refractivity contribution < 1.29 is 22.4 Å². The summed E-state index contributed by atoms with van der Waals surface area (Å²) in [6.07, 6.45) is 1.48. The van der Waals surface area contributed by atoms with E-state index in [9.17, 15) is 13.2 Å². The molecule has 7 nitrogen and oxygen atoms in total. The van der Waals surface area contributed by atoms with Gasteiger partial charge in [0.15, 0.2) is 0 Å². The average molecular weight is 378 g/mol. The Morgan fingerprint density at radius 2 is 1.85 bits per heavy atom. The van der Waals surface area contributed by atoms with E-state index in [1.54, 1.807) is 41.3 Å². The second kappa shape index (κ2) is 8.03. The van der Waals surface area contributed by atoms with Gasteiger partial charge in [0, 0.05) is 13.1 Å². The maximum absolute atomic E-state index is 13.1. The Morgan fingerprint density at radius 1 is 1.15 bits per heavy atom. The lowest BCUT2D eigenvalue weighted by Gasteiger charge is -2.29. The first-order valence-corrected chi connectivity index (χ1v) is 9.85. The van der Waals surface area contributed by atoms with Crippen LogP contribution in [0.25, 0.3) is 0 Å². The Kier molecular flexibility index (Phi) is 5.75. The number of aryl methyl sites for hydroxylation is 1. The Hall–Kier alpha value is -2.16. The molecule has 140 valence electrons. The van der Waals surface area contributed by atoms with E-state index in [2.05, 4.69) is 0 Å². The third-order valence-corrected chi connectivity index (χ3v) is 6.05. The highest BCUT2D eigenvalue weighted by Crippen LogP contribution is 2.19. The van der Waals surface area contributed by atoms with Gasteiger partial charge in [0.05, 0.1) is 37.5 Å². The molecule has 0 saturated carbocycles. The summed E-state index contributed by atoms with van der Waals surface area (Å²) in [4.78, 5) is 14.4. The second-order valence-electron chi connectivity index (χ2n) is 6.16. The zero-order valence-electron chi connectivity index (χ0n) is 14.6. The van der Waals surface area contributed by atoms with Crippen molar-refractivity contribution in [3.05, 3.63) is 54.0 Å². The molecule has 0 unspecified atom stereocenters. The predicted octanol–water partition coefficient (Wildman–Crippen LogP) is 1.64. The number of amides is 1. The number of sulfonamides is 1. The van der Waals surface area contributed by atoms with Crippen LogP contribution in [0.5, 0.6) is 0 Å². The van der Waals surface area contributed by atoms with Gasteiger partial charge in [0.25, 0.3) is 0 Å². The van der Waals surface area contributed by atoms with Crippen molar-refractivity contribution >= 4 is 15.9 Å². The van der Waals surface area contributed by atoms with Gasteiger partial charge in [-0.3, -0.25) is 4.79 Å². The highest BCUT2D eigenvalue weighted by atomic mass is 32.2. The van der Waals surface area contributed by atoms with Crippen LogP contribution in [-0.2, 0) is 26.1 Å². The summed E-state index contributed by atoms with van der Waals surface area (Å²) in [6, 6.07) is 9.97. The van der Waals surface area contributed by atoms with E-state index >= 15 is 0 Å². The Bertz CT molecular complexity index is 825. The monoisotopic (exact) mass is 378 g/mol. The maximum Gasteiger partial charge on any atom is 0.243 e. The predicted molar refractivity (Wildman–Crippen MR) is 94.9 cm³/mol. The molecular weight excluding hydrogens is 356 g/mol. The standard InChI is InChI=1S/C18H22N2O5S/c1-15-4-6-17(7-5-15)26(22,23)20(13-16-3-2-10-25-16)14-18(21)19-8-11-24-12-9-19/h2-7,10H,8-9,11-14H2,1H3. The SMILES string of the molecule is Cc1ccc(S(=O)(=O)N(CC(=O)N2CCOCC2)Cc2ccco2)cc1. The number of furan rings is 1. The number of ether oxygens (including phenoxy) is 1. The quantitative estimate of drug-likeness (QED) is 0.763. The summed E-state index contributed by atoms with van der Waals surface area (Å²) in [5.74, 6) is 0.242. The van der Waals surface area contributed by atoms with Crippen molar-refractivity contribution in [1.29, 1.82) is 0 Å². The molecule has 0 radical (unpaired) electrons. The molecule has 1 fully saturated rings. The van der Waals surface area contributed by atoms with Gasteiger partial charge in [-0.15, -0.1) is 0 Å². The highest BCUT2D eigenvalue weighted by molar-refractivity contribution is 7.89. The minimum atomic E-state index is -3.83. The third-order valence-electron chi connectivity index (χ3n) is 4.25. The van der Waals surface area contributed by atoms with Gasteiger partial charge in [0.2, 0.25) is 15.9 Å². The number of carbonyl (C=O) groups excluding carboxylic acids is 1. The van der Waals surface area contributed by atoms with Gasteiger partial charge < -0.3 is 14.1 Å². The van der Waals surface area contributed by atoms with E-state index in [0.717, 1.165) is 9.87 Å². The van der Waals surface area contributed by atoms with Crippen molar-refractivity contribution in [2.45, 2.75) is 18.4 Å². The number of hydrogen-bond acceptors (Lipinski definition) is 5. The molecule has 0 spiro atoms. The van der Waals surface area contributed by atoms with Crippen LogP contribution in [0.3, 0.4) is 0 Å². The van der Waals surface area contributed by atoms with Gasteiger partial charge in [0.1, 0.15) is 5.76 Å². The summed E-state index contributed by atoms with van der Waals surface area (Å²) in [5, 5.41) is 0. The van der Waals surface area contributed by atoms with Crippen LogP contribution in [-0.4, -0.2) is 56.4 Å². The van der Waals surface area contributed by atoms with Crippen molar-refractivity contribution in [1.82, 2.24) is 9.21 Å². The fourth-order valence-electron chi connectivity index (χ4n) is 2.73. The summed E-state index contributed by atoms with van der Waals surface area (Å²) < 4.78 is 37.9. The molecule has 0 atom stereocenters. The maximum atomic E-state index is 13.1. The molecule has 1 saturated heterocycles. The Balaban J connectivity index is 1.84. The molecule has 1 aromatic carbocycles. The molecule has 3 rings (SSSR count). The van der Waals surface area contributed by atoms with Crippen LogP contribution in [0.4, 0.5) is 0 Å². The van der Waals surface area contributed by atoms with Gasteiger partial charge in [-0.25, -0.2) is 8.42 Å². The molecule has 1 amide bonds. The van der Waals surface area contributed by atoms with Crippen molar-refractivity contribution in [3.8, 4) is 0 Å². The fourth-order valence-corrected chi connectivity index (χ4v) is 4.08. The third kappa shape index (κ3) is 4.32. The first-order valence-electron chi connectivity index (χ1n) is 8.41. The van der Waals surface area contributed by atoms with E-state index in [-0.39, 0.29) is 23.9 Å². The Morgan fingerprint density at radius 3 is 2.46 bits per heavy atom. The number of morpholine rings is 1. The number of rotatable bonds is 6. The molecule has 1 aliphatic heterocycles. The largest absolute Gasteiger partial charge is 0.468 e. The van der Waals surface area contributed by atoms with Crippen LogP contribution in [0.2, 0.25) is 0 Å². The van der Waals surface area contributed by atoms with E-state index in [4.69, 9.17) is 9.15 Å². The number of carbonyl (C=O) groups is 1. The van der Waals surface area contributed by atoms with Gasteiger partial charge in [-0.2, -0.15) is 4.31 Å². The van der Waals surface area contributed by atoms with Crippen molar-refractivity contribution in [3.63, 3.8) is 0 Å². The van der Waals surface area contributed by atoms with E-state index in [0.29, 0.717) is 32.1 Å². The highest BCUT2D eigenvalue weighted by Gasteiger charge is 2.29. The van der Waals surface area contributed by atoms with Gasteiger partial charge in [-0.1, -0.05) is 17.7 Å². The lowest BCUT2D eigenvalue weighted by Crippen LogP contribution is -2.46. The number of hydrogen-bond donors (Lipinski definition) is 0. The van der Waals surface area contributed by atoms with Crippen LogP contribution in [0.15, 0.2) is 52.0 Å². The van der Waals surface area contributed by atoms with E-state index in [1.165, 1.54) is 6.26 Å². The molecule has 2 aromatic rings. The van der Waals surface area contributed by atoms with Crippen LogP contribution < -0.4 is 0 Å².